The fourth-order valence-electron chi connectivity index (χ4n) is 4.53. The first-order valence-electron chi connectivity index (χ1n) is 13.3. The number of amides is 2. The molecule has 3 aromatic carbocycles. The second-order valence-electron chi connectivity index (χ2n) is 9.48. The van der Waals surface area contributed by atoms with Gasteiger partial charge in [0.1, 0.15) is 19.3 Å². The number of rotatable bonds is 12. The van der Waals surface area contributed by atoms with Crippen LogP contribution in [0.1, 0.15) is 42.9 Å². The van der Waals surface area contributed by atoms with E-state index in [9.17, 15) is 9.59 Å². The summed E-state index contributed by atoms with van der Waals surface area (Å²) in [5.41, 5.74) is 2.98. The van der Waals surface area contributed by atoms with Crippen LogP contribution in [0.2, 0.25) is 0 Å². The van der Waals surface area contributed by atoms with Crippen LogP contribution in [0, 0.1) is 0 Å². The Hall–Kier alpha value is -3.32. The van der Waals surface area contributed by atoms with Crippen molar-refractivity contribution in [2.45, 2.75) is 51.6 Å². The lowest BCUT2D eigenvalue weighted by molar-refractivity contribution is -0.141. The third kappa shape index (κ3) is 7.84. The van der Waals surface area contributed by atoms with Crippen LogP contribution < -0.4 is 14.8 Å². The Morgan fingerprint density at radius 3 is 2.45 bits per heavy atom. The second kappa shape index (κ2) is 14.0. The molecule has 200 valence electrons. The quantitative estimate of drug-likeness (QED) is 0.279. The van der Waals surface area contributed by atoms with Crippen molar-refractivity contribution in [1.82, 2.24) is 10.2 Å². The predicted octanol–water partition coefficient (Wildman–Crippen LogP) is 5.71. The molecule has 3 aromatic rings. The summed E-state index contributed by atoms with van der Waals surface area (Å²) >= 11 is 3.54. The van der Waals surface area contributed by atoms with Crippen molar-refractivity contribution >= 4 is 27.7 Å². The Balaban J connectivity index is 1.57. The first kappa shape index (κ1) is 27.7. The van der Waals surface area contributed by atoms with E-state index in [2.05, 4.69) is 28.2 Å². The number of benzene rings is 3. The molecule has 0 aliphatic carbocycles. The van der Waals surface area contributed by atoms with E-state index in [1.807, 2.05) is 72.8 Å². The predicted molar refractivity (Wildman–Crippen MR) is 152 cm³/mol. The van der Waals surface area contributed by atoms with Gasteiger partial charge in [-0.05, 0) is 53.8 Å². The fourth-order valence-corrected chi connectivity index (χ4v) is 4.98. The topological polar surface area (TPSA) is 67.9 Å². The molecule has 0 saturated heterocycles. The van der Waals surface area contributed by atoms with Gasteiger partial charge in [-0.15, -0.1) is 0 Å². The Bertz CT molecular complexity index is 1220. The average Bonchev–Trinajstić information content (AvgIpc) is 2.94. The summed E-state index contributed by atoms with van der Waals surface area (Å²) in [5, 5.41) is 3.07. The van der Waals surface area contributed by atoms with Crippen molar-refractivity contribution in [3.63, 3.8) is 0 Å². The van der Waals surface area contributed by atoms with E-state index in [-0.39, 0.29) is 18.2 Å². The van der Waals surface area contributed by atoms with E-state index < -0.39 is 6.04 Å². The highest BCUT2D eigenvalue weighted by molar-refractivity contribution is 9.10. The molecule has 7 heteroatoms. The van der Waals surface area contributed by atoms with Crippen molar-refractivity contribution in [1.29, 1.82) is 0 Å². The number of halogens is 1. The standard InChI is InChI=1S/C31H35BrN2O4/c1-2-3-16-33-31(36)27(20-23-8-5-4-6-9-23)34(22-25-10-7-11-26(32)19-25)30(35)15-13-24-12-14-28-29(21-24)38-18-17-37-28/h4-12,14,19,21,27H,2-3,13,15-18,20,22H2,1H3,(H,33,36)/t27-/m1/s1. The third-order valence-electron chi connectivity index (χ3n) is 6.58. The van der Waals surface area contributed by atoms with Crippen LogP contribution in [-0.2, 0) is 29.0 Å². The Kier molecular flexibility index (Phi) is 10.2. The second-order valence-corrected chi connectivity index (χ2v) is 10.4. The number of fused-ring (bicyclic) bond motifs is 1. The zero-order chi connectivity index (χ0) is 26.7. The van der Waals surface area contributed by atoms with Gasteiger partial charge in [-0.3, -0.25) is 9.59 Å². The lowest BCUT2D eigenvalue weighted by Crippen LogP contribution is -2.50. The Morgan fingerprint density at radius 2 is 1.68 bits per heavy atom. The summed E-state index contributed by atoms with van der Waals surface area (Å²) in [6.07, 6.45) is 3.15. The van der Waals surface area contributed by atoms with Crippen LogP contribution in [0.3, 0.4) is 0 Å². The van der Waals surface area contributed by atoms with E-state index in [0.29, 0.717) is 44.9 Å². The highest BCUT2D eigenvalue weighted by Gasteiger charge is 2.30. The molecule has 0 bridgehead atoms. The summed E-state index contributed by atoms with van der Waals surface area (Å²) in [6.45, 7) is 4.09. The van der Waals surface area contributed by atoms with Crippen LogP contribution in [0.25, 0.3) is 0 Å². The van der Waals surface area contributed by atoms with E-state index in [0.717, 1.165) is 39.8 Å². The molecule has 6 nitrogen and oxygen atoms in total. The fraction of sp³-hybridized carbons (Fsp3) is 0.355. The van der Waals surface area contributed by atoms with E-state index in [1.54, 1.807) is 4.90 Å². The normalized spacial score (nSPS) is 13.0. The summed E-state index contributed by atoms with van der Waals surface area (Å²) in [5.74, 6) is 1.26. The van der Waals surface area contributed by atoms with Gasteiger partial charge in [0.2, 0.25) is 11.8 Å². The maximum atomic E-state index is 13.8. The molecule has 4 rings (SSSR count). The van der Waals surface area contributed by atoms with Gasteiger partial charge in [-0.2, -0.15) is 0 Å². The van der Waals surface area contributed by atoms with Crippen LogP contribution in [0.4, 0.5) is 0 Å². The molecule has 0 radical (unpaired) electrons. The number of nitrogens with zero attached hydrogens (tertiary/aromatic N) is 1. The maximum Gasteiger partial charge on any atom is 0.243 e. The Morgan fingerprint density at radius 1 is 0.921 bits per heavy atom. The number of carbonyl (C=O) groups is 2. The van der Waals surface area contributed by atoms with Crippen molar-refractivity contribution in [2.24, 2.45) is 0 Å². The minimum Gasteiger partial charge on any atom is -0.486 e. The highest BCUT2D eigenvalue weighted by Crippen LogP contribution is 2.31. The number of unbranched alkanes of at least 4 members (excludes halogenated alkanes) is 1. The summed E-state index contributed by atoms with van der Waals surface area (Å²) in [6, 6.07) is 23.0. The summed E-state index contributed by atoms with van der Waals surface area (Å²) in [4.78, 5) is 29.1. The van der Waals surface area contributed by atoms with Crippen molar-refractivity contribution in [3.05, 3.63) is 94.0 Å². The summed E-state index contributed by atoms with van der Waals surface area (Å²) in [7, 11) is 0. The molecule has 0 saturated carbocycles. The minimum atomic E-state index is -0.624. The van der Waals surface area contributed by atoms with Gasteiger partial charge in [0, 0.05) is 30.4 Å². The smallest absolute Gasteiger partial charge is 0.243 e. The maximum absolute atomic E-state index is 13.8. The van der Waals surface area contributed by atoms with Gasteiger partial charge < -0.3 is 19.7 Å². The van der Waals surface area contributed by atoms with Crippen molar-refractivity contribution in [3.8, 4) is 11.5 Å². The molecular formula is C31H35BrN2O4. The number of nitrogens with one attached hydrogen (secondary N) is 1. The van der Waals surface area contributed by atoms with Gasteiger partial charge in [-0.25, -0.2) is 0 Å². The molecule has 1 heterocycles. The van der Waals surface area contributed by atoms with Gasteiger partial charge in [0.15, 0.2) is 11.5 Å². The third-order valence-corrected chi connectivity index (χ3v) is 7.07. The largest absolute Gasteiger partial charge is 0.486 e. The molecule has 0 aromatic heterocycles. The molecular weight excluding hydrogens is 544 g/mol. The molecule has 1 aliphatic heterocycles. The van der Waals surface area contributed by atoms with E-state index in [4.69, 9.17) is 9.47 Å². The van der Waals surface area contributed by atoms with Crippen molar-refractivity contribution in [2.75, 3.05) is 19.8 Å². The average molecular weight is 580 g/mol. The molecule has 1 aliphatic rings. The zero-order valence-corrected chi connectivity index (χ0v) is 23.4. The van der Waals surface area contributed by atoms with Gasteiger partial charge in [0.05, 0.1) is 0 Å². The van der Waals surface area contributed by atoms with E-state index >= 15 is 0 Å². The van der Waals surface area contributed by atoms with Crippen molar-refractivity contribution < 1.29 is 19.1 Å². The molecule has 38 heavy (non-hydrogen) atoms. The van der Waals surface area contributed by atoms with Crippen LogP contribution in [0.5, 0.6) is 11.5 Å². The number of hydrogen-bond acceptors (Lipinski definition) is 4. The number of carbonyl (C=O) groups excluding carboxylic acids is 2. The van der Waals surface area contributed by atoms with Crippen LogP contribution in [0.15, 0.2) is 77.3 Å². The first-order chi connectivity index (χ1) is 18.5. The molecule has 2 amide bonds. The first-order valence-corrected chi connectivity index (χ1v) is 14.1. The zero-order valence-electron chi connectivity index (χ0n) is 21.8. The molecule has 1 N–H and O–H groups in total. The number of aryl methyl sites for hydroxylation is 1. The Labute approximate surface area is 233 Å². The van der Waals surface area contributed by atoms with Crippen LogP contribution >= 0.6 is 15.9 Å². The molecule has 0 spiro atoms. The number of ether oxygens (including phenoxy) is 2. The van der Waals surface area contributed by atoms with Crippen LogP contribution in [-0.4, -0.2) is 42.5 Å². The monoisotopic (exact) mass is 578 g/mol. The highest BCUT2D eigenvalue weighted by atomic mass is 79.9. The van der Waals surface area contributed by atoms with Gasteiger partial charge in [0.25, 0.3) is 0 Å². The molecule has 0 fully saturated rings. The SMILES string of the molecule is CCCCNC(=O)[C@@H](Cc1ccccc1)N(Cc1cccc(Br)c1)C(=O)CCc1ccc2c(c1)OCCO2. The van der Waals surface area contributed by atoms with E-state index in [1.165, 1.54) is 0 Å². The molecule has 0 unspecified atom stereocenters. The lowest BCUT2D eigenvalue weighted by Gasteiger charge is -2.32. The summed E-state index contributed by atoms with van der Waals surface area (Å²) < 4.78 is 12.3. The lowest BCUT2D eigenvalue weighted by atomic mass is 10.0. The van der Waals surface area contributed by atoms with Gasteiger partial charge >= 0.3 is 0 Å². The number of hydrogen-bond donors (Lipinski definition) is 1. The molecule has 1 atom stereocenters. The van der Waals surface area contributed by atoms with Gasteiger partial charge in [-0.1, -0.05) is 77.8 Å². The minimum absolute atomic E-state index is 0.0635.